The molecule has 0 aliphatic carbocycles. The Morgan fingerprint density at radius 3 is 2.64 bits per heavy atom. The van der Waals surface area contributed by atoms with Crippen molar-refractivity contribution in [3.8, 4) is 0 Å². The van der Waals surface area contributed by atoms with Crippen molar-refractivity contribution in [3.05, 3.63) is 36.0 Å². The normalized spacial score (nSPS) is 13.7. The molecular formula is C14H17N3O5. The number of aliphatic hydroxyl groups is 1. The van der Waals surface area contributed by atoms with E-state index in [1.165, 1.54) is 6.20 Å². The van der Waals surface area contributed by atoms with Crippen molar-refractivity contribution >= 4 is 22.8 Å². The van der Waals surface area contributed by atoms with E-state index in [1.807, 2.05) is 0 Å². The number of rotatable bonds is 6. The van der Waals surface area contributed by atoms with Crippen molar-refractivity contribution in [1.82, 2.24) is 10.0 Å². The summed E-state index contributed by atoms with van der Waals surface area (Å²) in [4.78, 5) is 22.7. The summed E-state index contributed by atoms with van der Waals surface area (Å²) in [6.45, 7) is -0.719. The number of carbonyl (C=O) groups excluding carboxylic acids is 1. The lowest BCUT2D eigenvalue weighted by Gasteiger charge is -2.15. The molecule has 8 heteroatoms. The lowest BCUT2D eigenvalue weighted by molar-refractivity contribution is -0.143. The Labute approximate surface area is 125 Å². The highest BCUT2D eigenvalue weighted by atomic mass is 16.5. The van der Waals surface area contributed by atoms with E-state index in [1.54, 1.807) is 24.3 Å². The minimum Gasteiger partial charge on any atom is -0.480 e. The minimum absolute atomic E-state index is 0.123. The molecule has 0 spiro atoms. The molecule has 0 aliphatic heterocycles. The van der Waals surface area contributed by atoms with Crippen molar-refractivity contribution in [1.29, 1.82) is 0 Å². The summed E-state index contributed by atoms with van der Waals surface area (Å²) in [6.07, 6.45) is 1.58. The summed E-state index contributed by atoms with van der Waals surface area (Å²) < 4.78 is 0.947. The summed E-state index contributed by atoms with van der Waals surface area (Å²) >= 11 is 0. The number of amides is 1. The van der Waals surface area contributed by atoms with Crippen molar-refractivity contribution in [2.45, 2.75) is 18.5 Å². The van der Waals surface area contributed by atoms with Gasteiger partial charge in [-0.25, -0.2) is 4.79 Å². The number of para-hydroxylation sites is 1. The van der Waals surface area contributed by atoms with Gasteiger partial charge in [-0.3, -0.25) is 4.79 Å². The van der Waals surface area contributed by atoms with Gasteiger partial charge in [-0.15, -0.1) is 0 Å². The van der Waals surface area contributed by atoms with Gasteiger partial charge in [0.25, 0.3) is 0 Å². The van der Waals surface area contributed by atoms with Crippen LogP contribution in [0.2, 0.25) is 0 Å². The molecule has 2 rings (SSSR count). The number of benzene rings is 1. The topological polar surface area (TPSA) is 138 Å². The highest BCUT2D eigenvalue weighted by Crippen LogP contribution is 2.21. The summed E-state index contributed by atoms with van der Waals surface area (Å²) in [7, 11) is 0. The molecular weight excluding hydrogens is 290 g/mol. The second-order valence-electron chi connectivity index (χ2n) is 4.91. The summed E-state index contributed by atoms with van der Waals surface area (Å²) in [5.74, 6) is -2.02. The molecule has 0 aliphatic rings. The lowest BCUT2D eigenvalue weighted by atomic mass is 10.0. The predicted octanol–water partition coefficient (Wildman–Crippen LogP) is -0.690. The molecule has 0 bridgehead atoms. The van der Waals surface area contributed by atoms with E-state index in [4.69, 9.17) is 15.9 Å². The number of fused-ring (bicyclic) bond motifs is 1. The van der Waals surface area contributed by atoms with Crippen LogP contribution >= 0.6 is 0 Å². The zero-order valence-electron chi connectivity index (χ0n) is 11.6. The van der Waals surface area contributed by atoms with E-state index < -0.39 is 30.6 Å². The number of carboxylic acid groups (broad SMARTS) is 1. The van der Waals surface area contributed by atoms with Gasteiger partial charge in [0.05, 0.1) is 18.2 Å². The Kier molecular flexibility index (Phi) is 4.64. The van der Waals surface area contributed by atoms with E-state index in [0.29, 0.717) is 11.1 Å². The highest BCUT2D eigenvalue weighted by molar-refractivity contribution is 5.88. The van der Waals surface area contributed by atoms with Crippen LogP contribution in [0.3, 0.4) is 0 Å². The third-order valence-electron chi connectivity index (χ3n) is 3.35. The Morgan fingerprint density at radius 2 is 2.00 bits per heavy atom. The Balaban J connectivity index is 2.12. The molecule has 0 saturated heterocycles. The van der Waals surface area contributed by atoms with Crippen molar-refractivity contribution in [2.24, 2.45) is 5.73 Å². The molecule has 22 heavy (non-hydrogen) atoms. The molecule has 2 atom stereocenters. The molecule has 6 N–H and O–H groups in total. The summed E-state index contributed by atoms with van der Waals surface area (Å²) in [6, 6.07) is 4.68. The smallest absolute Gasteiger partial charge is 0.328 e. The molecule has 8 nitrogen and oxygen atoms in total. The Morgan fingerprint density at radius 1 is 1.32 bits per heavy atom. The lowest BCUT2D eigenvalue weighted by Crippen LogP contribution is -2.50. The molecule has 0 radical (unpaired) electrons. The third kappa shape index (κ3) is 3.18. The zero-order chi connectivity index (χ0) is 16.3. The number of aliphatic carboxylic acids is 1. The van der Waals surface area contributed by atoms with Crippen LogP contribution in [-0.2, 0) is 16.0 Å². The molecule has 1 heterocycles. The molecule has 1 amide bonds. The molecule has 0 fully saturated rings. The van der Waals surface area contributed by atoms with Gasteiger partial charge in [0.15, 0.2) is 0 Å². The van der Waals surface area contributed by atoms with Gasteiger partial charge in [-0.2, -0.15) is 4.73 Å². The number of carboxylic acids is 1. The van der Waals surface area contributed by atoms with E-state index in [0.717, 1.165) is 10.1 Å². The van der Waals surface area contributed by atoms with Crippen LogP contribution in [-0.4, -0.2) is 50.7 Å². The number of carbonyl (C=O) groups is 2. The SMILES string of the molecule is N[C@@H](Cc1cn(O)c2ccccc12)C(=O)N[C@@H](CO)C(=O)O. The predicted molar refractivity (Wildman–Crippen MR) is 77.5 cm³/mol. The maximum Gasteiger partial charge on any atom is 0.328 e. The maximum atomic E-state index is 11.9. The molecule has 2 aromatic rings. The van der Waals surface area contributed by atoms with Gasteiger partial charge in [-0.05, 0) is 18.1 Å². The van der Waals surface area contributed by atoms with E-state index in [2.05, 4.69) is 5.32 Å². The fourth-order valence-electron chi connectivity index (χ4n) is 2.19. The van der Waals surface area contributed by atoms with Gasteiger partial charge < -0.3 is 26.5 Å². The molecule has 0 unspecified atom stereocenters. The first-order valence-corrected chi connectivity index (χ1v) is 6.62. The molecule has 1 aromatic heterocycles. The second-order valence-corrected chi connectivity index (χ2v) is 4.91. The third-order valence-corrected chi connectivity index (χ3v) is 3.35. The maximum absolute atomic E-state index is 11.9. The number of nitrogens with one attached hydrogen (secondary N) is 1. The summed E-state index contributed by atoms with van der Waals surface area (Å²) in [5.41, 5.74) is 7.03. The van der Waals surface area contributed by atoms with Crippen molar-refractivity contribution < 1.29 is 25.0 Å². The van der Waals surface area contributed by atoms with Gasteiger partial charge in [0.1, 0.15) is 6.04 Å². The Hall–Kier alpha value is -2.58. The van der Waals surface area contributed by atoms with E-state index in [9.17, 15) is 14.8 Å². The van der Waals surface area contributed by atoms with E-state index in [-0.39, 0.29) is 6.42 Å². The zero-order valence-corrected chi connectivity index (χ0v) is 11.6. The number of aromatic nitrogens is 1. The average molecular weight is 307 g/mol. The number of nitrogens with zero attached hydrogens (tertiary/aromatic N) is 1. The average Bonchev–Trinajstić information content (AvgIpc) is 2.81. The summed E-state index contributed by atoms with van der Waals surface area (Å²) in [5, 5.41) is 30.4. The van der Waals surface area contributed by atoms with Gasteiger partial charge in [0.2, 0.25) is 5.91 Å². The van der Waals surface area contributed by atoms with E-state index >= 15 is 0 Å². The largest absolute Gasteiger partial charge is 0.480 e. The number of nitrogens with two attached hydrogens (primary N) is 1. The van der Waals surface area contributed by atoms with Gasteiger partial charge in [0, 0.05) is 11.6 Å². The fraction of sp³-hybridized carbons (Fsp3) is 0.286. The fourth-order valence-corrected chi connectivity index (χ4v) is 2.19. The Bertz CT molecular complexity index is 697. The number of hydrogen-bond donors (Lipinski definition) is 5. The minimum atomic E-state index is -1.39. The van der Waals surface area contributed by atoms with Crippen LogP contribution in [0.5, 0.6) is 0 Å². The van der Waals surface area contributed by atoms with Crippen LogP contribution in [0.1, 0.15) is 5.56 Å². The molecule has 118 valence electrons. The van der Waals surface area contributed by atoms with Crippen LogP contribution in [0.15, 0.2) is 30.5 Å². The van der Waals surface area contributed by atoms with Crippen molar-refractivity contribution in [2.75, 3.05) is 6.61 Å². The number of hydrogen-bond acceptors (Lipinski definition) is 5. The van der Waals surface area contributed by atoms with Crippen LogP contribution < -0.4 is 11.1 Å². The standard InChI is InChI=1S/C14H17N3O5/c15-10(13(19)16-11(7-18)14(20)21)5-8-6-17(22)12-4-2-1-3-9(8)12/h1-4,6,10-11,18,22H,5,7,15H2,(H,16,19)(H,20,21)/t10-,11-/m0/s1. The van der Waals surface area contributed by atoms with Crippen LogP contribution in [0.4, 0.5) is 0 Å². The first-order valence-electron chi connectivity index (χ1n) is 6.62. The van der Waals surface area contributed by atoms with Crippen LogP contribution in [0.25, 0.3) is 10.9 Å². The van der Waals surface area contributed by atoms with Gasteiger partial charge >= 0.3 is 5.97 Å². The first-order chi connectivity index (χ1) is 10.4. The van der Waals surface area contributed by atoms with Crippen molar-refractivity contribution in [3.63, 3.8) is 0 Å². The van der Waals surface area contributed by atoms with Gasteiger partial charge in [-0.1, -0.05) is 18.2 Å². The molecule has 1 aromatic carbocycles. The number of aliphatic hydroxyl groups excluding tert-OH is 1. The monoisotopic (exact) mass is 307 g/mol. The second kappa shape index (κ2) is 6.46. The highest BCUT2D eigenvalue weighted by Gasteiger charge is 2.23. The quantitative estimate of drug-likeness (QED) is 0.448. The van der Waals surface area contributed by atoms with Crippen LogP contribution in [0, 0.1) is 0 Å². The molecule has 0 saturated carbocycles. The first kappa shape index (κ1) is 15.8.